The molecule has 15 heavy (non-hydrogen) atoms. The van der Waals surface area contributed by atoms with Crippen molar-refractivity contribution < 1.29 is 5.11 Å². The van der Waals surface area contributed by atoms with Crippen molar-refractivity contribution in [3.8, 4) is 5.75 Å². The van der Waals surface area contributed by atoms with Gasteiger partial charge in [-0.15, -0.1) is 0 Å². The van der Waals surface area contributed by atoms with E-state index in [2.05, 4.69) is 11.9 Å². The predicted molar refractivity (Wildman–Crippen MR) is 65.3 cm³/mol. The number of thioether (sulfide) groups is 1. The highest BCUT2D eigenvalue weighted by atomic mass is 32.2. The Morgan fingerprint density at radius 3 is 2.73 bits per heavy atom. The molecule has 1 atom stereocenters. The summed E-state index contributed by atoms with van der Waals surface area (Å²) in [5.41, 5.74) is 1.30. The molecule has 0 bridgehead atoms. The predicted octanol–water partition coefficient (Wildman–Crippen LogP) is 2.33. The van der Waals surface area contributed by atoms with Crippen LogP contribution < -0.4 is 0 Å². The lowest BCUT2D eigenvalue weighted by molar-refractivity contribution is 0.419. The van der Waals surface area contributed by atoms with Gasteiger partial charge in [0.05, 0.1) is 0 Å². The minimum Gasteiger partial charge on any atom is -0.508 e. The first-order chi connectivity index (χ1) is 7.24. The van der Waals surface area contributed by atoms with Gasteiger partial charge in [0, 0.05) is 17.5 Å². The highest BCUT2D eigenvalue weighted by Crippen LogP contribution is 2.25. The van der Waals surface area contributed by atoms with Gasteiger partial charge in [-0.25, -0.2) is 0 Å². The fourth-order valence-corrected chi connectivity index (χ4v) is 3.09. The summed E-state index contributed by atoms with van der Waals surface area (Å²) in [6.07, 6.45) is 1.30. The van der Waals surface area contributed by atoms with Gasteiger partial charge in [0.15, 0.2) is 0 Å². The number of nitrogens with zero attached hydrogens (tertiary/aromatic N) is 1. The Morgan fingerprint density at radius 1 is 1.40 bits per heavy atom. The molecule has 1 aromatic carbocycles. The molecule has 1 N–H and O–H groups in total. The fraction of sp³-hybridized carbons (Fsp3) is 0.500. The quantitative estimate of drug-likeness (QED) is 0.850. The summed E-state index contributed by atoms with van der Waals surface area (Å²) in [6, 6.07) is 7.52. The lowest BCUT2D eigenvalue weighted by Gasteiger charge is -2.09. The van der Waals surface area contributed by atoms with Crippen molar-refractivity contribution in [1.29, 1.82) is 0 Å². The van der Waals surface area contributed by atoms with Crippen LogP contribution in [0.1, 0.15) is 12.0 Å². The van der Waals surface area contributed by atoms with Crippen LogP contribution >= 0.6 is 11.8 Å². The summed E-state index contributed by atoms with van der Waals surface area (Å²) in [6.45, 7) is 2.44. The van der Waals surface area contributed by atoms with Gasteiger partial charge in [0.25, 0.3) is 0 Å². The van der Waals surface area contributed by atoms with Gasteiger partial charge in [-0.05, 0) is 37.7 Å². The van der Waals surface area contributed by atoms with Crippen molar-refractivity contribution >= 4 is 11.8 Å². The molecular formula is C12H17NOS. The molecule has 2 rings (SSSR count). The van der Waals surface area contributed by atoms with Gasteiger partial charge in [-0.2, -0.15) is 11.8 Å². The van der Waals surface area contributed by atoms with Crippen LogP contribution in [-0.4, -0.2) is 35.4 Å². The van der Waals surface area contributed by atoms with Crippen LogP contribution in [0.2, 0.25) is 0 Å². The second-order valence-corrected chi connectivity index (χ2v) is 5.44. The van der Waals surface area contributed by atoms with E-state index in [4.69, 9.17) is 5.11 Å². The summed E-state index contributed by atoms with van der Waals surface area (Å²) >= 11 is 2.02. The van der Waals surface area contributed by atoms with Crippen molar-refractivity contribution in [3.05, 3.63) is 29.8 Å². The van der Waals surface area contributed by atoms with Crippen LogP contribution in [-0.2, 0) is 5.75 Å². The number of aromatic hydroxyl groups is 1. The zero-order valence-corrected chi connectivity index (χ0v) is 9.83. The SMILES string of the molecule is CN1CCC(SCc2ccc(O)cc2)C1. The van der Waals surface area contributed by atoms with E-state index < -0.39 is 0 Å². The zero-order chi connectivity index (χ0) is 10.7. The topological polar surface area (TPSA) is 23.5 Å². The zero-order valence-electron chi connectivity index (χ0n) is 9.02. The molecule has 82 valence electrons. The maximum Gasteiger partial charge on any atom is 0.115 e. The molecule has 0 aromatic heterocycles. The Hall–Kier alpha value is -0.670. The molecule has 0 amide bonds. The number of hydrogen-bond acceptors (Lipinski definition) is 3. The van der Waals surface area contributed by atoms with Crippen molar-refractivity contribution in [2.24, 2.45) is 0 Å². The number of likely N-dealkylation sites (tertiary alicyclic amines) is 1. The first-order valence-electron chi connectivity index (χ1n) is 5.32. The summed E-state index contributed by atoms with van der Waals surface area (Å²) in [4.78, 5) is 2.38. The summed E-state index contributed by atoms with van der Waals surface area (Å²) in [5, 5.41) is 9.94. The lowest BCUT2D eigenvalue weighted by atomic mass is 10.2. The van der Waals surface area contributed by atoms with Crippen molar-refractivity contribution in [1.82, 2.24) is 4.90 Å². The Morgan fingerprint density at radius 2 is 2.13 bits per heavy atom. The molecule has 1 aliphatic heterocycles. The molecule has 0 aliphatic carbocycles. The number of rotatable bonds is 3. The van der Waals surface area contributed by atoms with Gasteiger partial charge < -0.3 is 10.0 Å². The van der Waals surface area contributed by atoms with Crippen LogP contribution in [0.3, 0.4) is 0 Å². The fourth-order valence-electron chi connectivity index (χ4n) is 1.84. The van der Waals surface area contributed by atoms with Crippen molar-refractivity contribution in [2.45, 2.75) is 17.4 Å². The van der Waals surface area contributed by atoms with Crippen LogP contribution in [0.25, 0.3) is 0 Å². The number of phenols is 1. The number of hydrogen-bond donors (Lipinski definition) is 1. The van der Waals surface area contributed by atoms with E-state index in [0.29, 0.717) is 5.75 Å². The molecule has 1 fully saturated rings. The van der Waals surface area contributed by atoms with E-state index in [1.54, 1.807) is 12.1 Å². The Balaban J connectivity index is 1.80. The van der Waals surface area contributed by atoms with E-state index in [0.717, 1.165) is 11.0 Å². The highest BCUT2D eigenvalue weighted by Gasteiger charge is 2.19. The smallest absolute Gasteiger partial charge is 0.115 e. The molecule has 1 unspecified atom stereocenters. The molecule has 3 heteroatoms. The Kier molecular flexibility index (Phi) is 3.54. The molecule has 1 heterocycles. The van der Waals surface area contributed by atoms with Crippen LogP contribution in [0.15, 0.2) is 24.3 Å². The van der Waals surface area contributed by atoms with E-state index >= 15 is 0 Å². The average Bonchev–Trinajstić information content (AvgIpc) is 2.64. The molecule has 1 aromatic rings. The molecule has 0 radical (unpaired) electrons. The molecule has 1 aliphatic rings. The summed E-state index contributed by atoms with van der Waals surface area (Å²) < 4.78 is 0. The van der Waals surface area contributed by atoms with Gasteiger partial charge in [-0.1, -0.05) is 12.1 Å². The number of phenolic OH excluding ortho intramolecular Hbond substituents is 1. The minimum absolute atomic E-state index is 0.351. The van der Waals surface area contributed by atoms with Gasteiger partial charge in [0.2, 0.25) is 0 Å². The third kappa shape index (κ3) is 3.14. The lowest BCUT2D eigenvalue weighted by Crippen LogP contribution is -2.14. The first-order valence-corrected chi connectivity index (χ1v) is 6.37. The summed E-state index contributed by atoms with van der Waals surface area (Å²) in [7, 11) is 2.18. The maximum atomic E-state index is 9.16. The van der Waals surface area contributed by atoms with Crippen molar-refractivity contribution in [2.75, 3.05) is 20.1 Å². The molecular weight excluding hydrogens is 206 g/mol. The van der Waals surface area contributed by atoms with Crippen LogP contribution in [0.5, 0.6) is 5.75 Å². The van der Waals surface area contributed by atoms with Gasteiger partial charge >= 0.3 is 0 Å². The average molecular weight is 223 g/mol. The third-order valence-electron chi connectivity index (χ3n) is 2.77. The van der Waals surface area contributed by atoms with Gasteiger partial charge in [0.1, 0.15) is 5.75 Å². The molecule has 2 nitrogen and oxygen atoms in total. The van der Waals surface area contributed by atoms with E-state index in [-0.39, 0.29) is 0 Å². The third-order valence-corrected chi connectivity index (χ3v) is 4.13. The monoisotopic (exact) mass is 223 g/mol. The largest absolute Gasteiger partial charge is 0.508 e. The second kappa shape index (κ2) is 4.90. The minimum atomic E-state index is 0.351. The number of benzene rings is 1. The summed E-state index contributed by atoms with van der Waals surface area (Å²) in [5.74, 6) is 1.41. The van der Waals surface area contributed by atoms with Crippen LogP contribution in [0.4, 0.5) is 0 Å². The molecule has 0 saturated carbocycles. The normalized spacial score (nSPS) is 22.1. The van der Waals surface area contributed by atoms with Gasteiger partial charge in [-0.3, -0.25) is 0 Å². The Bertz CT molecular complexity index is 312. The standard InChI is InChI=1S/C12H17NOS/c1-13-7-6-12(8-13)15-9-10-2-4-11(14)5-3-10/h2-5,12,14H,6-9H2,1H3. The molecule has 1 saturated heterocycles. The molecule has 0 spiro atoms. The van der Waals surface area contributed by atoms with Crippen LogP contribution in [0, 0.1) is 0 Å². The van der Waals surface area contributed by atoms with E-state index in [9.17, 15) is 0 Å². The second-order valence-electron chi connectivity index (χ2n) is 4.15. The maximum absolute atomic E-state index is 9.16. The first kappa shape index (κ1) is 10.8. The van der Waals surface area contributed by atoms with Crippen molar-refractivity contribution in [3.63, 3.8) is 0 Å². The van der Waals surface area contributed by atoms with E-state index in [1.807, 2.05) is 23.9 Å². The Labute approximate surface area is 95.3 Å². The van der Waals surface area contributed by atoms with E-state index in [1.165, 1.54) is 25.1 Å². The highest BCUT2D eigenvalue weighted by molar-refractivity contribution is 7.99.